The van der Waals surface area contributed by atoms with Gasteiger partial charge in [0.2, 0.25) is 11.8 Å². The Labute approximate surface area is 232 Å². The molecule has 0 unspecified atom stereocenters. The molecule has 216 valence electrons. The zero-order valence-electron chi connectivity index (χ0n) is 23.7. The number of anilines is 2. The van der Waals surface area contributed by atoms with Crippen LogP contribution in [0.2, 0.25) is 0 Å². The maximum absolute atomic E-state index is 14.3. The minimum atomic E-state index is -1.12. The van der Waals surface area contributed by atoms with E-state index >= 15 is 0 Å². The quantitative estimate of drug-likeness (QED) is 0.528. The highest BCUT2D eigenvalue weighted by atomic mass is 19.1. The van der Waals surface area contributed by atoms with Crippen LogP contribution in [0.3, 0.4) is 0 Å². The number of hydrogen-bond donors (Lipinski definition) is 2. The molecule has 0 spiro atoms. The van der Waals surface area contributed by atoms with Gasteiger partial charge in [0.25, 0.3) is 5.91 Å². The van der Waals surface area contributed by atoms with Gasteiger partial charge in [-0.15, -0.1) is 0 Å². The summed E-state index contributed by atoms with van der Waals surface area (Å²) >= 11 is 0. The molecule has 3 rings (SSSR count). The molecular formula is C29H36F2N4O5. The van der Waals surface area contributed by atoms with Crippen molar-refractivity contribution in [3.63, 3.8) is 0 Å². The fraction of sp³-hybridized carbons (Fsp3) is 0.448. The van der Waals surface area contributed by atoms with Crippen LogP contribution in [0.5, 0.6) is 0 Å². The Morgan fingerprint density at radius 1 is 1.00 bits per heavy atom. The van der Waals surface area contributed by atoms with Gasteiger partial charge in [0.05, 0.1) is 0 Å². The summed E-state index contributed by atoms with van der Waals surface area (Å²) < 4.78 is 33.9. The minimum Gasteiger partial charge on any atom is -0.444 e. The van der Waals surface area contributed by atoms with E-state index in [-0.39, 0.29) is 6.42 Å². The lowest BCUT2D eigenvalue weighted by molar-refractivity contribution is -0.131. The monoisotopic (exact) mass is 558 g/mol. The lowest BCUT2D eigenvalue weighted by Gasteiger charge is -2.33. The van der Waals surface area contributed by atoms with Gasteiger partial charge < -0.3 is 15.4 Å². The van der Waals surface area contributed by atoms with Gasteiger partial charge in [-0.25, -0.2) is 13.6 Å². The zero-order chi connectivity index (χ0) is 29.9. The molecule has 2 N–H and O–H groups in total. The summed E-state index contributed by atoms with van der Waals surface area (Å²) in [4.78, 5) is 55.3. The Hall–Kier alpha value is -4.02. The predicted molar refractivity (Wildman–Crippen MR) is 147 cm³/mol. The second-order valence-electron chi connectivity index (χ2n) is 11.1. The molecule has 0 aliphatic carbocycles. The molecule has 0 aromatic heterocycles. The summed E-state index contributed by atoms with van der Waals surface area (Å²) in [7, 11) is 1.42. The van der Waals surface area contributed by atoms with E-state index in [0.29, 0.717) is 11.3 Å². The van der Waals surface area contributed by atoms with Crippen LogP contribution in [0.1, 0.15) is 47.1 Å². The Balaban J connectivity index is 1.86. The van der Waals surface area contributed by atoms with Crippen LogP contribution < -0.4 is 15.5 Å². The summed E-state index contributed by atoms with van der Waals surface area (Å²) in [5.41, 5.74) is -0.219. The Morgan fingerprint density at radius 2 is 1.60 bits per heavy atom. The maximum Gasteiger partial charge on any atom is 0.410 e. The standard InChI is InChI=1S/C29H36F2N4O5/c1-16(2)23(32-25(36)17(3)34(7)28(39)40-29(4,5)6)27(38)35-21-14-9-8-11-18(21)15-22(35)26(37)33-24-19(30)12-10-13-20(24)31/h8-14,16-17,22-23H,15H2,1-7H3,(H,32,36)(H,33,37)/t17-,22-,23-/m0/s1. The average Bonchev–Trinajstić information content (AvgIpc) is 3.26. The minimum absolute atomic E-state index is 0.111. The number of nitrogens with one attached hydrogen (secondary N) is 2. The van der Waals surface area contributed by atoms with E-state index in [0.717, 1.165) is 17.0 Å². The summed E-state index contributed by atoms with van der Waals surface area (Å²) in [6.07, 6.45) is -0.589. The molecule has 9 nitrogen and oxygen atoms in total. The third kappa shape index (κ3) is 6.75. The Kier molecular flexibility index (Phi) is 9.17. The number of fused-ring (bicyclic) bond motifs is 1. The second kappa shape index (κ2) is 12.0. The molecule has 0 radical (unpaired) electrons. The normalized spacial score (nSPS) is 16.1. The highest BCUT2D eigenvalue weighted by Crippen LogP contribution is 2.34. The number of carbonyl (C=O) groups excluding carboxylic acids is 4. The summed E-state index contributed by atoms with van der Waals surface area (Å²) in [5, 5.41) is 5.00. The number of benzene rings is 2. The Bertz CT molecular complexity index is 1270. The lowest BCUT2D eigenvalue weighted by atomic mass is 10.0. The van der Waals surface area contributed by atoms with E-state index < -0.39 is 70.8 Å². The van der Waals surface area contributed by atoms with E-state index in [1.165, 1.54) is 24.9 Å². The fourth-order valence-electron chi connectivity index (χ4n) is 4.30. The van der Waals surface area contributed by atoms with Crippen LogP contribution in [-0.2, 0) is 25.5 Å². The van der Waals surface area contributed by atoms with Crippen molar-refractivity contribution in [1.82, 2.24) is 10.2 Å². The van der Waals surface area contributed by atoms with Crippen molar-refractivity contribution >= 4 is 35.2 Å². The van der Waals surface area contributed by atoms with Crippen LogP contribution in [0.25, 0.3) is 0 Å². The van der Waals surface area contributed by atoms with Gasteiger partial charge in [0.15, 0.2) is 0 Å². The third-order valence-corrected chi connectivity index (χ3v) is 6.60. The smallest absolute Gasteiger partial charge is 0.410 e. The summed E-state index contributed by atoms with van der Waals surface area (Å²) in [5.74, 6) is -4.25. The molecule has 2 aromatic rings. The molecule has 0 saturated carbocycles. The maximum atomic E-state index is 14.3. The highest BCUT2D eigenvalue weighted by molar-refractivity contribution is 6.09. The number of halogens is 2. The molecule has 4 amide bonds. The first-order valence-electron chi connectivity index (χ1n) is 13.0. The van der Waals surface area contributed by atoms with Gasteiger partial charge in [0, 0.05) is 19.2 Å². The van der Waals surface area contributed by atoms with Crippen molar-refractivity contribution in [2.45, 2.75) is 71.7 Å². The summed E-state index contributed by atoms with van der Waals surface area (Å²) in [6.45, 7) is 10.1. The van der Waals surface area contributed by atoms with Crippen molar-refractivity contribution < 1.29 is 32.7 Å². The molecule has 1 aliphatic rings. The molecule has 11 heteroatoms. The van der Waals surface area contributed by atoms with Crippen molar-refractivity contribution in [2.24, 2.45) is 5.92 Å². The molecule has 2 aromatic carbocycles. The molecule has 0 fully saturated rings. The van der Waals surface area contributed by atoms with Crippen LogP contribution in [0, 0.1) is 17.6 Å². The largest absolute Gasteiger partial charge is 0.444 e. The number of rotatable bonds is 7. The van der Waals surface area contributed by atoms with Gasteiger partial charge in [0.1, 0.15) is 41.0 Å². The SMILES string of the molecule is CC(C)[C@H](NC(=O)[C@H](C)N(C)C(=O)OC(C)(C)C)C(=O)N1c2ccccc2C[C@H]1C(=O)Nc1c(F)cccc1F. The van der Waals surface area contributed by atoms with E-state index in [4.69, 9.17) is 4.74 Å². The molecule has 3 atom stereocenters. The molecule has 1 heterocycles. The second-order valence-corrected chi connectivity index (χ2v) is 11.1. The van der Waals surface area contributed by atoms with Crippen molar-refractivity contribution in [2.75, 3.05) is 17.3 Å². The number of para-hydroxylation sites is 2. The van der Waals surface area contributed by atoms with E-state index in [2.05, 4.69) is 10.6 Å². The number of ether oxygens (including phenoxy) is 1. The Morgan fingerprint density at radius 3 is 2.17 bits per heavy atom. The van der Waals surface area contributed by atoms with Gasteiger partial charge >= 0.3 is 6.09 Å². The third-order valence-electron chi connectivity index (χ3n) is 6.60. The van der Waals surface area contributed by atoms with Crippen LogP contribution >= 0.6 is 0 Å². The van der Waals surface area contributed by atoms with Crippen molar-refractivity contribution in [1.29, 1.82) is 0 Å². The number of nitrogens with zero attached hydrogens (tertiary/aromatic N) is 2. The number of amides is 4. The van der Waals surface area contributed by atoms with Crippen molar-refractivity contribution in [3.8, 4) is 0 Å². The number of likely N-dealkylation sites (N-methyl/N-ethyl adjacent to an activating group) is 1. The molecule has 0 bridgehead atoms. The first-order valence-corrected chi connectivity index (χ1v) is 13.0. The van der Waals surface area contributed by atoms with Gasteiger partial charge in [-0.1, -0.05) is 38.1 Å². The van der Waals surface area contributed by atoms with Crippen LogP contribution in [-0.4, -0.2) is 59.5 Å². The highest BCUT2D eigenvalue weighted by Gasteiger charge is 2.42. The first-order chi connectivity index (χ1) is 18.6. The van der Waals surface area contributed by atoms with Gasteiger partial charge in [-0.2, -0.15) is 0 Å². The molecule has 1 aliphatic heterocycles. The summed E-state index contributed by atoms with van der Waals surface area (Å²) in [6, 6.07) is 6.94. The van der Waals surface area contributed by atoms with Crippen LogP contribution in [0.15, 0.2) is 42.5 Å². The fourth-order valence-corrected chi connectivity index (χ4v) is 4.30. The average molecular weight is 559 g/mol. The molecule has 0 saturated heterocycles. The van der Waals surface area contributed by atoms with Gasteiger partial charge in [-0.3, -0.25) is 24.2 Å². The number of hydrogen-bond acceptors (Lipinski definition) is 5. The molecule has 40 heavy (non-hydrogen) atoms. The van der Waals surface area contributed by atoms with E-state index in [1.54, 1.807) is 58.9 Å². The lowest BCUT2D eigenvalue weighted by Crippen LogP contribution is -2.58. The number of carbonyl (C=O) groups is 4. The zero-order valence-corrected chi connectivity index (χ0v) is 23.7. The van der Waals surface area contributed by atoms with E-state index in [1.807, 2.05) is 0 Å². The van der Waals surface area contributed by atoms with Crippen LogP contribution in [0.4, 0.5) is 25.0 Å². The van der Waals surface area contributed by atoms with Gasteiger partial charge in [-0.05, 0) is 57.4 Å². The van der Waals surface area contributed by atoms with Crippen molar-refractivity contribution in [3.05, 3.63) is 59.7 Å². The topological polar surface area (TPSA) is 108 Å². The van der Waals surface area contributed by atoms with E-state index in [9.17, 15) is 28.0 Å². The first kappa shape index (κ1) is 30.5. The predicted octanol–water partition coefficient (Wildman–Crippen LogP) is 4.26. The molecular weight excluding hydrogens is 522 g/mol.